The van der Waals surface area contributed by atoms with E-state index < -0.39 is 11.0 Å². The summed E-state index contributed by atoms with van der Waals surface area (Å²) in [6, 6.07) is 5.69. The van der Waals surface area contributed by atoms with Crippen molar-refractivity contribution >= 4 is 17.3 Å². The summed E-state index contributed by atoms with van der Waals surface area (Å²) in [7, 11) is 0. The lowest BCUT2D eigenvalue weighted by molar-refractivity contribution is -0.383. The lowest BCUT2D eigenvalue weighted by atomic mass is 10.1. The van der Waals surface area contributed by atoms with Crippen molar-refractivity contribution in [2.45, 2.75) is 31.9 Å². The number of aliphatic hydroxyl groups excluding tert-OH is 1. The number of hydrogen-bond acceptors (Lipinski definition) is 5. The standard InChI is InChI=1S/C14H19N3O4/c1-10(16-8-6-11(18)7-9-16)14(19)15-12-4-2-3-5-13(12)17(20)21/h2-5,10-11,18H,6-9H2,1H3,(H,15,19). The number of carbonyl (C=O) groups excluding carboxylic acids is 1. The number of amides is 1. The summed E-state index contributed by atoms with van der Waals surface area (Å²) in [5.74, 6) is -0.277. The molecule has 1 aromatic rings. The fourth-order valence-electron chi connectivity index (χ4n) is 2.41. The SMILES string of the molecule is CC(C(=O)Nc1ccccc1[N+](=O)[O-])N1CCC(O)CC1. The van der Waals surface area contributed by atoms with E-state index in [2.05, 4.69) is 5.32 Å². The molecular weight excluding hydrogens is 274 g/mol. The number of anilines is 1. The van der Waals surface area contributed by atoms with Crippen LogP contribution in [0.1, 0.15) is 19.8 Å². The van der Waals surface area contributed by atoms with Gasteiger partial charge in [0.15, 0.2) is 0 Å². The molecule has 0 radical (unpaired) electrons. The van der Waals surface area contributed by atoms with Gasteiger partial charge in [-0.1, -0.05) is 12.1 Å². The van der Waals surface area contributed by atoms with E-state index >= 15 is 0 Å². The Morgan fingerprint density at radius 3 is 2.67 bits per heavy atom. The first-order valence-corrected chi connectivity index (χ1v) is 6.95. The maximum atomic E-state index is 12.2. The molecule has 114 valence electrons. The van der Waals surface area contributed by atoms with Gasteiger partial charge >= 0.3 is 0 Å². The van der Waals surface area contributed by atoms with Crippen LogP contribution in [-0.4, -0.2) is 46.1 Å². The number of piperidine rings is 1. The molecule has 1 aliphatic heterocycles. The molecule has 1 saturated heterocycles. The summed E-state index contributed by atoms with van der Waals surface area (Å²) in [4.78, 5) is 24.6. The fourth-order valence-corrected chi connectivity index (χ4v) is 2.41. The van der Waals surface area contributed by atoms with Crippen LogP contribution < -0.4 is 5.32 Å². The second-order valence-corrected chi connectivity index (χ2v) is 5.21. The van der Waals surface area contributed by atoms with Gasteiger partial charge in [0.1, 0.15) is 5.69 Å². The Kier molecular flexibility index (Phi) is 4.87. The minimum atomic E-state index is -0.516. The Morgan fingerprint density at radius 1 is 1.43 bits per heavy atom. The van der Waals surface area contributed by atoms with Gasteiger partial charge in [-0.3, -0.25) is 19.8 Å². The number of nitrogens with one attached hydrogen (secondary N) is 1. The van der Waals surface area contributed by atoms with E-state index in [4.69, 9.17) is 0 Å². The average Bonchev–Trinajstić information content (AvgIpc) is 2.47. The Bertz CT molecular complexity index is 527. The molecule has 7 heteroatoms. The lowest BCUT2D eigenvalue weighted by Crippen LogP contribution is -2.47. The fraction of sp³-hybridized carbons (Fsp3) is 0.500. The summed E-state index contributed by atoms with van der Waals surface area (Å²) in [5, 5.41) is 23.0. The molecule has 0 spiro atoms. The number of nitro benzene ring substituents is 1. The third-order valence-electron chi connectivity index (χ3n) is 3.78. The number of para-hydroxylation sites is 2. The van der Waals surface area contributed by atoms with Gasteiger partial charge in [0.05, 0.1) is 17.1 Å². The van der Waals surface area contributed by atoms with Gasteiger partial charge in [0, 0.05) is 19.2 Å². The first-order valence-electron chi connectivity index (χ1n) is 6.95. The number of nitro groups is 1. The number of rotatable bonds is 4. The van der Waals surface area contributed by atoms with E-state index in [1.165, 1.54) is 12.1 Å². The van der Waals surface area contributed by atoms with Crippen LogP contribution in [0.2, 0.25) is 0 Å². The van der Waals surface area contributed by atoms with Crippen LogP contribution in [0, 0.1) is 10.1 Å². The second-order valence-electron chi connectivity index (χ2n) is 5.21. The van der Waals surface area contributed by atoms with Crippen molar-refractivity contribution in [2.75, 3.05) is 18.4 Å². The number of benzene rings is 1. The van der Waals surface area contributed by atoms with Gasteiger partial charge in [-0.2, -0.15) is 0 Å². The second kappa shape index (κ2) is 6.64. The van der Waals surface area contributed by atoms with Crippen molar-refractivity contribution in [3.05, 3.63) is 34.4 Å². The quantitative estimate of drug-likeness (QED) is 0.646. The van der Waals surface area contributed by atoms with Crippen LogP contribution in [0.15, 0.2) is 24.3 Å². The van der Waals surface area contributed by atoms with E-state index in [9.17, 15) is 20.0 Å². The molecule has 0 bridgehead atoms. The number of likely N-dealkylation sites (tertiary alicyclic amines) is 1. The van der Waals surface area contributed by atoms with E-state index in [-0.39, 0.29) is 23.4 Å². The van der Waals surface area contributed by atoms with Gasteiger partial charge in [0.25, 0.3) is 5.69 Å². The van der Waals surface area contributed by atoms with Crippen molar-refractivity contribution in [3.8, 4) is 0 Å². The maximum absolute atomic E-state index is 12.2. The topological polar surface area (TPSA) is 95.7 Å². The normalized spacial score (nSPS) is 18.2. The highest BCUT2D eigenvalue weighted by Gasteiger charge is 2.26. The molecule has 0 saturated carbocycles. The molecular formula is C14H19N3O4. The predicted molar refractivity (Wildman–Crippen MR) is 78.0 cm³/mol. The number of nitrogens with zero attached hydrogens (tertiary/aromatic N) is 2. The molecule has 1 aliphatic rings. The number of hydrogen-bond donors (Lipinski definition) is 2. The van der Waals surface area contributed by atoms with Crippen LogP contribution >= 0.6 is 0 Å². The van der Waals surface area contributed by atoms with Crippen LogP contribution in [0.25, 0.3) is 0 Å². The highest BCUT2D eigenvalue weighted by molar-refractivity contribution is 5.96. The highest BCUT2D eigenvalue weighted by atomic mass is 16.6. The van der Waals surface area contributed by atoms with Crippen molar-refractivity contribution in [1.82, 2.24) is 4.90 Å². The van der Waals surface area contributed by atoms with Gasteiger partial charge in [0.2, 0.25) is 5.91 Å². The predicted octanol–water partition coefficient (Wildman–Crippen LogP) is 1.38. The Labute approximate surface area is 122 Å². The average molecular weight is 293 g/mol. The van der Waals surface area contributed by atoms with Gasteiger partial charge < -0.3 is 10.4 Å². The zero-order chi connectivity index (χ0) is 15.4. The van der Waals surface area contributed by atoms with E-state index in [0.29, 0.717) is 25.9 Å². The molecule has 0 aliphatic carbocycles. The highest BCUT2D eigenvalue weighted by Crippen LogP contribution is 2.24. The van der Waals surface area contributed by atoms with E-state index in [1.54, 1.807) is 19.1 Å². The molecule has 1 heterocycles. The first kappa shape index (κ1) is 15.4. The van der Waals surface area contributed by atoms with Crippen LogP contribution in [-0.2, 0) is 4.79 Å². The Balaban J connectivity index is 2.03. The summed E-state index contributed by atoms with van der Waals surface area (Å²) in [6.45, 7) is 3.06. The van der Waals surface area contributed by atoms with Gasteiger partial charge in [-0.05, 0) is 25.8 Å². The minimum absolute atomic E-state index is 0.118. The largest absolute Gasteiger partial charge is 0.393 e. The Hall–Kier alpha value is -1.99. The van der Waals surface area contributed by atoms with E-state index in [1.807, 2.05) is 4.90 Å². The summed E-state index contributed by atoms with van der Waals surface area (Å²) < 4.78 is 0. The summed E-state index contributed by atoms with van der Waals surface area (Å²) in [6.07, 6.45) is 0.985. The molecule has 0 aromatic heterocycles. The monoisotopic (exact) mass is 293 g/mol. The zero-order valence-electron chi connectivity index (χ0n) is 11.9. The van der Waals surface area contributed by atoms with Crippen LogP contribution in [0.5, 0.6) is 0 Å². The number of aliphatic hydroxyl groups is 1. The first-order chi connectivity index (χ1) is 9.99. The smallest absolute Gasteiger partial charge is 0.292 e. The molecule has 1 aromatic carbocycles. The Morgan fingerprint density at radius 2 is 2.05 bits per heavy atom. The third kappa shape index (κ3) is 3.77. The molecule has 2 N–H and O–H groups in total. The molecule has 7 nitrogen and oxygen atoms in total. The van der Waals surface area contributed by atoms with Crippen molar-refractivity contribution in [1.29, 1.82) is 0 Å². The van der Waals surface area contributed by atoms with Crippen LogP contribution in [0.3, 0.4) is 0 Å². The van der Waals surface area contributed by atoms with Crippen LogP contribution in [0.4, 0.5) is 11.4 Å². The summed E-state index contributed by atoms with van der Waals surface area (Å²) in [5.41, 5.74) is 0.0866. The summed E-state index contributed by atoms with van der Waals surface area (Å²) >= 11 is 0. The van der Waals surface area contributed by atoms with E-state index in [0.717, 1.165) is 0 Å². The molecule has 2 rings (SSSR count). The van der Waals surface area contributed by atoms with Crippen molar-refractivity contribution in [2.24, 2.45) is 0 Å². The molecule has 1 fully saturated rings. The van der Waals surface area contributed by atoms with Gasteiger partial charge in [-0.25, -0.2) is 0 Å². The molecule has 1 unspecified atom stereocenters. The van der Waals surface area contributed by atoms with Crippen molar-refractivity contribution in [3.63, 3.8) is 0 Å². The third-order valence-corrected chi connectivity index (χ3v) is 3.78. The molecule has 21 heavy (non-hydrogen) atoms. The lowest BCUT2D eigenvalue weighted by Gasteiger charge is -2.33. The molecule has 1 atom stereocenters. The number of carbonyl (C=O) groups is 1. The zero-order valence-corrected chi connectivity index (χ0v) is 11.9. The van der Waals surface area contributed by atoms with Crippen molar-refractivity contribution < 1.29 is 14.8 Å². The van der Waals surface area contributed by atoms with Gasteiger partial charge in [-0.15, -0.1) is 0 Å². The molecule has 1 amide bonds. The maximum Gasteiger partial charge on any atom is 0.292 e. The minimum Gasteiger partial charge on any atom is -0.393 e.